The van der Waals surface area contributed by atoms with E-state index in [4.69, 9.17) is 5.26 Å². The van der Waals surface area contributed by atoms with Gasteiger partial charge in [0.2, 0.25) is 10.0 Å². The van der Waals surface area contributed by atoms with Crippen LogP contribution in [0.1, 0.15) is 13.8 Å². The van der Waals surface area contributed by atoms with Crippen molar-refractivity contribution in [3.05, 3.63) is 11.0 Å². The number of nitriles is 1. The Bertz CT molecular complexity index is 284. The van der Waals surface area contributed by atoms with Crippen LogP contribution >= 0.6 is 0 Å². The molecule has 4 nitrogen and oxygen atoms in total. The Hall–Kier alpha value is -0.860. The second kappa shape index (κ2) is 4.11. The summed E-state index contributed by atoms with van der Waals surface area (Å²) in [7, 11) is -3.52. The Morgan fingerprint density at radius 2 is 2.27 bits per heavy atom. The van der Waals surface area contributed by atoms with Gasteiger partial charge in [-0.15, -0.1) is 0 Å². The second-order valence-corrected chi connectivity index (χ2v) is 3.50. The Balaban J connectivity index is 4.73. The molecule has 0 spiro atoms. The average molecular weight is 174 g/mol. The van der Waals surface area contributed by atoms with Gasteiger partial charge in [-0.25, -0.2) is 13.1 Å². The van der Waals surface area contributed by atoms with Gasteiger partial charge < -0.3 is 0 Å². The summed E-state index contributed by atoms with van der Waals surface area (Å²) < 4.78 is 24.2. The van der Waals surface area contributed by atoms with Gasteiger partial charge in [-0.2, -0.15) is 5.26 Å². The average Bonchev–Trinajstić information content (AvgIpc) is 1.89. The molecule has 1 N–H and O–H groups in total. The van der Waals surface area contributed by atoms with E-state index < -0.39 is 10.0 Å². The van der Waals surface area contributed by atoms with Crippen LogP contribution in [0.4, 0.5) is 0 Å². The van der Waals surface area contributed by atoms with Crippen LogP contribution in [0.15, 0.2) is 11.0 Å². The SMILES string of the molecule is C/C=C(\C#N)S(=O)(=O)NCC. The van der Waals surface area contributed by atoms with Crippen molar-refractivity contribution in [3.8, 4) is 6.07 Å². The van der Waals surface area contributed by atoms with Crippen LogP contribution in [0.5, 0.6) is 0 Å². The largest absolute Gasteiger partial charge is 0.250 e. The second-order valence-electron chi connectivity index (χ2n) is 1.77. The molecule has 0 amide bonds. The molecule has 11 heavy (non-hydrogen) atoms. The van der Waals surface area contributed by atoms with Gasteiger partial charge >= 0.3 is 0 Å². The topological polar surface area (TPSA) is 70.0 Å². The number of allylic oxidation sites excluding steroid dienone is 2. The van der Waals surface area contributed by atoms with E-state index >= 15 is 0 Å². The van der Waals surface area contributed by atoms with Crippen molar-refractivity contribution < 1.29 is 8.42 Å². The van der Waals surface area contributed by atoms with E-state index in [1.165, 1.54) is 13.0 Å². The lowest BCUT2D eigenvalue weighted by Gasteiger charge is -1.99. The normalized spacial score (nSPS) is 12.6. The number of rotatable bonds is 3. The summed E-state index contributed by atoms with van der Waals surface area (Å²) >= 11 is 0. The van der Waals surface area contributed by atoms with Crippen molar-refractivity contribution in [2.45, 2.75) is 13.8 Å². The predicted octanol–water partition coefficient (Wildman–Crippen LogP) is 0.353. The minimum absolute atomic E-state index is 0.237. The third-order valence-corrected chi connectivity index (χ3v) is 2.57. The summed E-state index contributed by atoms with van der Waals surface area (Å²) in [6, 6.07) is 1.59. The fourth-order valence-corrected chi connectivity index (χ4v) is 1.51. The quantitative estimate of drug-likeness (QED) is 0.628. The summed E-state index contributed by atoms with van der Waals surface area (Å²) in [4.78, 5) is -0.237. The van der Waals surface area contributed by atoms with Crippen molar-refractivity contribution in [1.82, 2.24) is 4.72 Å². The summed E-state index contributed by atoms with van der Waals surface area (Å²) in [5.41, 5.74) is 0. The number of nitrogens with zero attached hydrogens (tertiary/aromatic N) is 1. The van der Waals surface area contributed by atoms with E-state index in [-0.39, 0.29) is 4.91 Å². The van der Waals surface area contributed by atoms with Gasteiger partial charge in [-0.1, -0.05) is 13.0 Å². The number of nitrogens with one attached hydrogen (secondary N) is 1. The zero-order chi connectivity index (χ0) is 8.91. The fraction of sp³-hybridized carbons (Fsp3) is 0.500. The van der Waals surface area contributed by atoms with Crippen LogP contribution in [-0.2, 0) is 10.0 Å². The lowest BCUT2D eigenvalue weighted by molar-refractivity contribution is 0.591. The van der Waals surface area contributed by atoms with Crippen molar-refractivity contribution in [2.24, 2.45) is 0 Å². The Morgan fingerprint density at radius 3 is 2.55 bits per heavy atom. The van der Waals surface area contributed by atoms with Crippen LogP contribution in [-0.4, -0.2) is 15.0 Å². The maximum atomic E-state index is 11.0. The van der Waals surface area contributed by atoms with Gasteiger partial charge in [-0.05, 0) is 6.92 Å². The molecule has 0 fully saturated rings. The molecule has 0 aromatic rings. The first-order valence-corrected chi connectivity index (χ1v) is 4.63. The lowest BCUT2D eigenvalue weighted by Crippen LogP contribution is -2.23. The molecule has 0 aromatic heterocycles. The first kappa shape index (κ1) is 10.1. The number of hydrogen-bond acceptors (Lipinski definition) is 3. The van der Waals surface area contributed by atoms with Crippen LogP contribution in [0.3, 0.4) is 0 Å². The molecule has 0 rings (SSSR count). The van der Waals surface area contributed by atoms with E-state index in [2.05, 4.69) is 4.72 Å². The molecule has 0 atom stereocenters. The minimum Gasteiger partial charge on any atom is -0.211 e. The van der Waals surface area contributed by atoms with Crippen LogP contribution in [0, 0.1) is 11.3 Å². The molecule has 0 unspecified atom stereocenters. The maximum Gasteiger partial charge on any atom is 0.250 e. The Morgan fingerprint density at radius 1 is 1.73 bits per heavy atom. The first-order valence-electron chi connectivity index (χ1n) is 3.14. The van der Waals surface area contributed by atoms with Crippen molar-refractivity contribution >= 4 is 10.0 Å². The van der Waals surface area contributed by atoms with E-state index in [9.17, 15) is 8.42 Å². The smallest absolute Gasteiger partial charge is 0.211 e. The highest BCUT2D eigenvalue weighted by atomic mass is 32.2. The maximum absolute atomic E-state index is 11.0. The minimum atomic E-state index is -3.52. The molecule has 0 radical (unpaired) electrons. The standard InChI is InChI=1S/C6H10N2O2S/c1-3-6(5-7)11(9,10)8-4-2/h3,8H,4H2,1-2H3/b6-3+. The molecule has 0 bridgehead atoms. The van der Waals surface area contributed by atoms with Crippen LogP contribution < -0.4 is 4.72 Å². The van der Waals surface area contributed by atoms with E-state index in [1.54, 1.807) is 13.0 Å². The molecule has 0 aliphatic rings. The molecule has 0 aromatic carbocycles. The van der Waals surface area contributed by atoms with Crippen LogP contribution in [0.2, 0.25) is 0 Å². The van der Waals surface area contributed by atoms with Gasteiger partial charge in [0.25, 0.3) is 0 Å². The summed E-state index contributed by atoms with van der Waals surface area (Å²) in [6.45, 7) is 3.46. The molecular weight excluding hydrogens is 164 g/mol. The Kier molecular flexibility index (Phi) is 3.79. The molecule has 0 aliphatic heterocycles. The summed E-state index contributed by atoms with van der Waals surface area (Å²) in [5, 5.41) is 8.35. The van der Waals surface area contributed by atoms with Gasteiger partial charge in [0.15, 0.2) is 4.91 Å². The van der Waals surface area contributed by atoms with Crippen molar-refractivity contribution in [2.75, 3.05) is 6.54 Å². The summed E-state index contributed by atoms with van der Waals surface area (Å²) in [6.07, 6.45) is 1.26. The van der Waals surface area contributed by atoms with Gasteiger partial charge in [-0.3, -0.25) is 0 Å². The van der Waals surface area contributed by atoms with Gasteiger partial charge in [0.1, 0.15) is 6.07 Å². The molecule has 62 valence electrons. The highest BCUT2D eigenvalue weighted by Crippen LogP contribution is 2.00. The van der Waals surface area contributed by atoms with E-state index in [1.807, 2.05) is 0 Å². The van der Waals surface area contributed by atoms with E-state index in [0.717, 1.165) is 0 Å². The monoisotopic (exact) mass is 174 g/mol. The fourth-order valence-electron chi connectivity index (χ4n) is 0.548. The highest BCUT2D eigenvalue weighted by molar-refractivity contribution is 7.93. The van der Waals surface area contributed by atoms with Gasteiger partial charge in [0.05, 0.1) is 0 Å². The van der Waals surface area contributed by atoms with Gasteiger partial charge in [0, 0.05) is 6.54 Å². The molecule has 5 heteroatoms. The molecule has 0 saturated heterocycles. The Labute approximate surface area is 66.6 Å². The third kappa shape index (κ3) is 2.70. The molecule has 0 aliphatic carbocycles. The van der Waals surface area contributed by atoms with Crippen molar-refractivity contribution in [1.29, 1.82) is 5.26 Å². The summed E-state index contributed by atoms with van der Waals surface area (Å²) in [5.74, 6) is 0. The number of sulfonamides is 1. The number of hydrogen-bond donors (Lipinski definition) is 1. The zero-order valence-electron chi connectivity index (χ0n) is 6.46. The molecular formula is C6H10N2O2S. The zero-order valence-corrected chi connectivity index (χ0v) is 7.27. The molecule has 0 heterocycles. The highest BCUT2D eigenvalue weighted by Gasteiger charge is 2.13. The predicted molar refractivity (Wildman–Crippen MR) is 42.0 cm³/mol. The van der Waals surface area contributed by atoms with Crippen molar-refractivity contribution in [3.63, 3.8) is 0 Å². The lowest BCUT2D eigenvalue weighted by atomic mass is 10.6. The first-order chi connectivity index (χ1) is 5.08. The van der Waals surface area contributed by atoms with Crippen LogP contribution in [0.25, 0.3) is 0 Å². The third-order valence-electron chi connectivity index (χ3n) is 0.996. The molecule has 0 saturated carbocycles. The van der Waals surface area contributed by atoms with E-state index in [0.29, 0.717) is 6.54 Å².